The summed E-state index contributed by atoms with van der Waals surface area (Å²) in [6.45, 7) is 3.63. The molecule has 0 aromatic heterocycles. The predicted molar refractivity (Wildman–Crippen MR) is 49.8 cm³/mol. The fraction of sp³-hybridized carbons (Fsp3) is 0. The lowest BCUT2D eigenvalue weighted by molar-refractivity contribution is -0.532. The van der Waals surface area contributed by atoms with Gasteiger partial charge in [0.05, 0.1) is 0 Å². The van der Waals surface area contributed by atoms with Crippen molar-refractivity contribution in [3.63, 3.8) is 0 Å². The molecular weight excluding hydrogens is 224 g/mol. The van der Waals surface area contributed by atoms with Crippen LogP contribution in [0.25, 0.3) is 6.08 Å². The SMILES string of the molecule is C=Cc1ccccc1.O=S1(=O)OOOO1. The third kappa shape index (κ3) is 4.68. The van der Waals surface area contributed by atoms with Crippen molar-refractivity contribution in [1.82, 2.24) is 0 Å². The summed E-state index contributed by atoms with van der Waals surface area (Å²) in [4.78, 5) is 0. The Morgan fingerprint density at radius 2 is 1.60 bits per heavy atom. The quantitative estimate of drug-likeness (QED) is 0.681. The molecule has 1 aromatic rings. The first-order chi connectivity index (χ1) is 7.14. The summed E-state index contributed by atoms with van der Waals surface area (Å²) in [6.07, 6.45) is 1.83. The van der Waals surface area contributed by atoms with Crippen LogP contribution in [0, 0.1) is 0 Å². The lowest BCUT2D eigenvalue weighted by Crippen LogP contribution is -1.94. The minimum Gasteiger partial charge on any atom is -0.164 e. The van der Waals surface area contributed by atoms with E-state index in [2.05, 4.69) is 25.3 Å². The van der Waals surface area contributed by atoms with E-state index in [1.165, 1.54) is 5.56 Å². The Balaban J connectivity index is 0.000000151. The van der Waals surface area contributed by atoms with E-state index in [0.717, 1.165) is 0 Å². The van der Waals surface area contributed by atoms with Gasteiger partial charge < -0.3 is 0 Å². The highest BCUT2D eigenvalue weighted by Gasteiger charge is 2.23. The molecule has 82 valence electrons. The van der Waals surface area contributed by atoms with Gasteiger partial charge in [0.2, 0.25) is 0 Å². The number of rotatable bonds is 1. The minimum atomic E-state index is -3.99. The van der Waals surface area contributed by atoms with Crippen LogP contribution in [-0.2, 0) is 29.1 Å². The monoisotopic (exact) mass is 232 g/mol. The zero-order chi connectivity index (χ0) is 11.1. The van der Waals surface area contributed by atoms with Gasteiger partial charge in [-0.25, -0.2) is 0 Å². The summed E-state index contributed by atoms with van der Waals surface area (Å²) in [7, 11) is -3.99. The van der Waals surface area contributed by atoms with Crippen molar-refractivity contribution in [3.8, 4) is 0 Å². The third-order valence-corrected chi connectivity index (χ3v) is 1.73. The first kappa shape index (κ1) is 11.8. The standard InChI is InChI=1S/C8H8.O6S/c1-2-8-6-4-3-5-7-8;1-7(2)5-3-4-6-7/h2-7H,1H2;. The first-order valence-corrected chi connectivity index (χ1v) is 5.11. The van der Waals surface area contributed by atoms with Crippen LogP contribution < -0.4 is 0 Å². The van der Waals surface area contributed by atoms with Crippen LogP contribution in [-0.4, -0.2) is 8.42 Å². The van der Waals surface area contributed by atoms with Crippen molar-refractivity contribution in [2.24, 2.45) is 0 Å². The van der Waals surface area contributed by atoms with Crippen LogP contribution in [0.5, 0.6) is 0 Å². The van der Waals surface area contributed by atoms with Crippen molar-refractivity contribution < 1.29 is 27.2 Å². The zero-order valence-electron chi connectivity index (χ0n) is 7.53. The van der Waals surface area contributed by atoms with E-state index in [1.54, 1.807) is 0 Å². The number of benzene rings is 1. The largest absolute Gasteiger partial charge is 0.457 e. The average Bonchev–Trinajstić information content (AvgIpc) is 2.65. The van der Waals surface area contributed by atoms with Gasteiger partial charge in [0, 0.05) is 0 Å². The molecule has 0 saturated carbocycles. The molecule has 0 atom stereocenters. The Kier molecular flexibility index (Phi) is 4.40. The molecule has 1 fully saturated rings. The second-order valence-corrected chi connectivity index (χ2v) is 3.38. The number of hydrogen-bond donors (Lipinski definition) is 0. The maximum absolute atomic E-state index is 9.74. The highest BCUT2D eigenvalue weighted by Crippen LogP contribution is 2.05. The Morgan fingerprint density at radius 3 is 1.87 bits per heavy atom. The molecule has 0 radical (unpaired) electrons. The third-order valence-electron chi connectivity index (χ3n) is 1.29. The average molecular weight is 232 g/mol. The summed E-state index contributed by atoms with van der Waals surface area (Å²) >= 11 is 0. The summed E-state index contributed by atoms with van der Waals surface area (Å²) in [5.74, 6) is 0. The summed E-state index contributed by atoms with van der Waals surface area (Å²) < 4.78 is 26.2. The van der Waals surface area contributed by atoms with Crippen LogP contribution in [0.2, 0.25) is 0 Å². The lowest BCUT2D eigenvalue weighted by atomic mass is 10.2. The van der Waals surface area contributed by atoms with Crippen LogP contribution in [0.1, 0.15) is 5.56 Å². The molecule has 2 rings (SSSR count). The predicted octanol–water partition coefficient (Wildman–Crippen LogP) is 1.39. The molecule has 0 spiro atoms. The summed E-state index contributed by atoms with van der Waals surface area (Å²) in [6, 6.07) is 10.0. The van der Waals surface area contributed by atoms with E-state index < -0.39 is 10.4 Å². The van der Waals surface area contributed by atoms with Crippen LogP contribution in [0.3, 0.4) is 0 Å². The molecule has 1 aliphatic heterocycles. The molecule has 6 nitrogen and oxygen atoms in total. The topological polar surface area (TPSA) is 71.1 Å². The fourth-order valence-electron chi connectivity index (χ4n) is 0.691. The van der Waals surface area contributed by atoms with Gasteiger partial charge in [0.25, 0.3) is 0 Å². The van der Waals surface area contributed by atoms with Gasteiger partial charge in [-0.3, -0.25) is 0 Å². The van der Waals surface area contributed by atoms with E-state index in [-0.39, 0.29) is 0 Å². The molecule has 1 heterocycles. The Morgan fingerprint density at radius 1 is 1.07 bits per heavy atom. The van der Waals surface area contributed by atoms with Crippen LogP contribution in [0.4, 0.5) is 0 Å². The molecule has 1 aliphatic rings. The molecule has 0 N–H and O–H groups in total. The molecule has 0 bridgehead atoms. The molecule has 1 saturated heterocycles. The smallest absolute Gasteiger partial charge is 0.164 e. The van der Waals surface area contributed by atoms with E-state index in [1.807, 2.05) is 36.4 Å². The molecule has 7 heteroatoms. The minimum absolute atomic E-state index is 1.17. The molecule has 0 unspecified atom stereocenters. The van der Waals surface area contributed by atoms with Gasteiger partial charge in [0.15, 0.2) is 0 Å². The van der Waals surface area contributed by atoms with Gasteiger partial charge in [-0.05, 0) is 24.3 Å². The normalized spacial score (nSPS) is 17.6. The second-order valence-electron chi connectivity index (χ2n) is 2.30. The highest BCUT2D eigenvalue weighted by molar-refractivity contribution is 7.81. The van der Waals surface area contributed by atoms with Crippen LogP contribution >= 0.6 is 0 Å². The fourth-order valence-corrected chi connectivity index (χ4v) is 0.895. The molecule has 15 heavy (non-hydrogen) atoms. The van der Waals surface area contributed by atoms with Crippen LogP contribution in [0.15, 0.2) is 36.9 Å². The van der Waals surface area contributed by atoms with Gasteiger partial charge in [-0.15, -0.1) is 0 Å². The molecule has 0 amide bonds. The van der Waals surface area contributed by atoms with Crippen molar-refractivity contribution in [1.29, 1.82) is 0 Å². The van der Waals surface area contributed by atoms with Crippen molar-refractivity contribution >= 4 is 16.5 Å². The van der Waals surface area contributed by atoms with E-state index in [4.69, 9.17) is 0 Å². The van der Waals surface area contributed by atoms with Gasteiger partial charge in [-0.1, -0.05) is 43.0 Å². The molecule has 0 aliphatic carbocycles. The number of hydrogen-bond acceptors (Lipinski definition) is 6. The lowest BCUT2D eigenvalue weighted by Gasteiger charge is -1.85. The van der Waals surface area contributed by atoms with Crippen molar-refractivity contribution in [3.05, 3.63) is 42.5 Å². The van der Waals surface area contributed by atoms with Crippen molar-refractivity contribution in [2.45, 2.75) is 0 Å². The van der Waals surface area contributed by atoms with Gasteiger partial charge >= 0.3 is 10.4 Å². The highest BCUT2D eigenvalue weighted by atomic mass is 32.3. The molecular formula is C8H8O6S. The van der Waals surface area contributed by atoms with E-state index in [0.29, 0.717) is 0 Å². The second kappa shape index (κ2) is 5.59. The van der Waals surface area contributed by atoms with Gasteiger partial charge in [-0.2, -0.15) is 8.42 Å². The molecule has 1 aromatic carbocycles. The first-order valence-electron chi connectivity index (χ1n) is 3.77. The zero-order valence-corrected chi connectivity index (χ0v) is 8.35. The van der Waals surface area contributed by atoms with E-state index in [9.17, 15) is 8.42 Å². The maximum atomic E-state index is 9.74. The van der Waals surface area contributed by atoms with E-state index >= 15 is 0 Å². The Bertz CT molecular complexity index is 386. The van der Waals surface area contributed by atoms with Crippen molar-refractivity contribution in [2.75, 3.05) is 0 Å². The van der Waals surface area contributed by atoms with Gasteiger partial charge in [0.1, 0.15) is 0 Å². The Hall–Kier alpha value is -1.25. The Labute approximate surface area is 86.8 Å². The maximum Gasteiger partial charge on any atom is 0.457 e. The summed E-state index contributed by atoms with van der Waals surface area (Å²) in [5.41, 5.74) is 1.17. The summed E-state index contributed by atoms with van der Waals surface area (Å²) in [5, 5.41) is 6.70.